The van der Waals surface area contributed by atoms with Gasteiger partial charge in [-0.15, -0.1) is 0 Å². The Morgan fingerprint density at radius 1 is 1.53 bits per heavy atom. The molecule has 0 aliphatic heterocycles. The number of aromatic carboxylic acids is 1. The van der Waals surface area contributed by atoms with Gasteiger partial charge in [0.2, 0.25) is 0 Å². The highest BCUT2D eigenvalue weighted by atomic mass is 79.9. The van der Waals surface area contributed by atoms with Crippen molar-refractivity contribution in [2.24, 2.45) is 5.92 Å². The third-order valence-corrected chi connectivity index (χ3v) is 2.97. The van der Waals surface area contributed by atoms with E-state index in [4.69, 9.17) is 10.2 Å². The van der Waals surface area contributed by atoms with Crippen LogP contribution in [0, 0.1) is 5.92 Å². The number of hydrogen-bond donors (Lipinski definition) is 3. The van der Waals surface area contributed by atoms with E-state index in [0.717, 1.165) is 4.47 Å². The summed E-state index contributed by atoms with van der Waals surface area (Å²) >= 11 is 3.25. The zero-order chi connectivity index (χ0) is 12.8. The maximum Gasteiger partial charge on any atom is 0.337 e. The Labute approximate surface area is 109 Å². The molecule has 0 radical (unpaired) electrons. The van der Waals surface area contributed by atoms with Gasteiger partial charge in [-0.25, -0.2) is 4.79 Å². The molecule has 1 atom stereocenters. The SMILES string of the molecule is CC(CCO)CNc1ccc(Br)cc1C(=O)O. The molecule has 0 bridgehead atoms. The fraction of sp³-hybridized carbons (Fsp3) is 0.417. The molecule has 0 aromatic heterocycles. The van der Waals surface area contributed by atoms with E-state index in [1.165, 1.54) is 0 Å². The third-order valence-electron chi connectivity index (χ3n) is 2.47. The van der Waals surface area contributed by atoms with Gasteiger partial charge in [-0.3, -0.25) is 0 Å². The number of carboxylic acid groups (broad SMARTS) is 1. The summed E-state index contributed by atoms with van der Waals surface area (Å²) in [6.07, 6.45) is 0.700. The molecular weight excluding hydrogens is 286 g/mol. The number of aliphatic hydroxyl groups excluding tert-OH is 1. The van der Waals surface area contributed by atoms with Crippen molar-refractivity contribution in [1.29, 1.82) is 0 Å². The molecule has 0 spiro atoms. The molecule has 0 saturated heterocycles. The van der Waals surface area contributed by atoms with E-state index in [2.05, 4.69) is 21.2 Å². The van der Waals surface area contributed by atoms with Gasteiger partial charge in [0, 0.05) is 23.3 Å². The van der Waals surface area contributed by atoms with Crippen LogP contribution in [0.4, 0.5) is 5.69 Å². The Hall–Kier alpha value is -1.07. The zero-order valence-corrected chi connectivity index (χ0v) is 11.2. The standard InChI is InChI=1S/C12H16BrNO3/c1-8(4-5-15)7-14-11-3-2-9(13)6-10(11)12(16)17/h2-3,6,8,14-15H,4-5,7H2,1H3,(H,16,17). The molecule has 0 aliphatic rings. The number of carboxylic acids is 1. The maximum atomic E-state index is 11.0. The molecule has 0 fully saturated rings. The minimum absolute atomic E-state index is 0.148. The zero-order valence-electron chi connectivity index (χ0n) is 9.61. The smallest absolute Gasteiger partial charge is 0.337 e. The Kier molecular flexibility index (Phi) is 5.44. The van der Waals surface area contributed by atoms with Gasteiger partial charge >= 0.3 is 5.97 Å². The Morgan fingerprint density at radius 2 is 2.24 bits per heavy atom. The Morgan fingerprint density at radius 3 is 2.82 bits per heavy atom. The van der Waals surface area contributed by atoms with Crippen LogP contribution in [0.5, 0.6) is 0 Å². The molecule has 0 amide bonds. The highest BCUT2D eigenvalue weighted by molar-refractivity contribution is 9.10. The average molecular weight is 302 g/mol. The number of aliphatic hydroxyl groups is 1. The van der Waals surface area contributed by atoms with Gasteiger partial charge in [0.15, 0.2) is 0 Å². The summed E-state index contributed by atoms with van der Waals surface area (Å²) in [5.74, 6) is -0.658. The van der Waals surface area contributed by atoms with Gasteiger partial charge in [0.1, 0.15) is 0 Å². The van der Waals surface area contributed by atoms with Gasteiger partial charge < -0.3 is 15.5 Å². The lowest BCUT2D eigenvalue weighted by atomic mass is 10.1. The molecule has 1 unspecified atom stereocenters. The normalized spacial score (nSPS) is 12.2. The van der Waals surface area contributed by atoms with Crippen LogP contribution in [0.15, 0.2) is 22.7 Å². The summed E-state index contributed by atoms with van der Waals surface area (Å²) in [7, 11) is 0. The molecule has 0 aliphatic carbocycles. The lowest BCUT2D eigenvalue weighted by Gasteiger charge is -2.14. The van der Waals surface area contributed by atoms with E-state index >= 15 is 0 Å². The van der Waals surface area contributed by atoms with Crippen molar-refractivity contribution in [1.82, 2.24) is 0 Å². The van der Waals surface area contributed by atoms with Crippen LogP contribution in [-0.4, -0.2) is 29.3 Å². The Balaban J connectivity index is 2.73. The van der Waals surface area contributed by atoms with Crippen molar-refractivity contribution in [2.45, 2.75) is 13.3 Å². The predicted molar refractivity (Wildman–Crippen MR) is 70.5 cm³/mol. The fourth-order valence-corrected chi connectivity index (χ4v) is 1.82. The first-order valence-electron chi connectivity index (χ1n) is 5.42. The molecule has 3 N–H and O–H groups in total. The number of hydrogen-bond acceptors (Lipinski definition) is 3. The molecule has 94 valence electrons. The molecule has 1 rings (SSSR count). The quantitative estimate of drug-likeness (QED) is 0.755. The van der Waals surface area contributed by atoms with Gasteiger partial charge in [-0.1, -0.05) is 22.9 Å². The van der Waals surface area contributed by atoms with Gasteiger partial charge in [-0.05, 0) is 30.5 Å². The van der Waals surface area contributed by atoms with Crippen molar-refractivity contribution < 1.29 is 15.0 Å². The van der Waals surface area contributed by atoms with Gasteiger partial charge in [0.05, 0.1) is 5.56 Å². The van der Waals surface area contributed by atoms with E-state index in [-0.39, 0.29) is 12.2 Å². The van der Waals surface area contributed by atoms with Gasteiger partial charge in [0.25, 0.3) is 0 Å². The highest BCUT2D eigenvalue weighted by Gasteiger charge is 2.11. The minimum Gasteiger partial charge on any atom is -0.478 e. The number of rotatable bonds is 6. The van der Waals surface area contributed by atoms with Crippen LogP contribution in [0.2, 0.25) is 0 Å². The van der Waals surface area contributed by atoms with Crippen molar-refractivity contribution in [2.75, 3.05) is 18.5 Å². The number of anilines is 1. The Bertz CT molecular complexity index is 395. The summed E-state index contributed by atoms with van der Waals surface area (Å²) in [6.45, 7) is 2.79. The first kappa shape index (κ1) is 14.0. The van der Waals surface area contributed by atoms with E-state index in [1.807, 2.05) is 6.92 Å². The van der Waals surface area contributed by atoms with Crippen LogP contribution in [0.1, 0.15) is 23.7 Å². The minimum atomic E-state index is -0.955. The summed E-state index contributed by atoms with van der Waals surface area (Å²) in [5, 5.41) is 20.9. The average Bonchev–Trinajstić information content (AvgIpc) is 2.27. The molecular formula is C12H16BrNO3. The number of nitrogens with one attached hydrogen (secondary N) is 1. The second-order valence-electron chi connectivity index (χ2n) is 3.99. The van der Waals surface area contributed by atoms with Crippen LogP contribution in [-0.2, 0) is 0 Å². The summed E-state index contributed by atoms with van der Waals surface area (Å²) < 4.78 is 0.740. The monoisotopic (exact) mass is 301 g/mol. The molecule has 17 heavy (non-hydrogen) atoms. The summed E-state index contributed by atoms with van der Waals surface area (Å²) in [4.78, 5) is 11.0. The van der Waals surface area contributed by atoms with E-state index in [0.29, 0.717) is 24.6 Å². The van der Waals surface area contributed by atoms with E-state index in [1.54, 1.807) is 18.2 Å². The summed E-state index contributed by atoms with van der Waals surface area (Å²) in [6, 6.07) is 5.10. The second-order valence-corrected chi connectivity index (χ2v) is 4.91. The van der Waals surface area contributed by atoms with Crippen LogP contribution >= 0.6 is 15.9 Å². The molecule has 5 heteroatoms. The fourth-order valence-electron chi connectivity index (χ4n) is 1.45. The van der Waals surface area contributed by atoms with E-state index < -0.39 is 5.97 Å². The number of carbonyl (C=O) groups is 1. The van der Waals surface area contributed by atoms with Crippen molar-refractivity contribution in [3.05, 3.63) is 28.2 Å². The van der Waals surface area contributed by atoms with E-state index in [9.17, 15) is 4.79 Å². The topological polar surface area (TPSA) is 69.6 Å². The molecule has 1 aromatic carbocycles. The third kappa shape index (κ3) is 4.36. The number of halogens is 1. The lowest BCUT2D eigenvalue weighted by molar-refractivity contribution is 0.0698. The molecule has 1 aromatic rings. The molecule has 4 nitrogen and oxygen atoms in total. The van der Waals surface area contributed by atoms with Crippen molar-refractivity contribution >= 4 is 27.6 Å². The van der Waals surface area contributed by atoms with Gasteiger partial charge in [-0.2, -0.15) is 0 Å². The predicted octanol–water partition coefficient (Wildman–Crippen LogP) is 2.58. The largest absolute Gasteiger partial charge is 0.478 e. The summed E-state index contributed by atoms with van der Waals surface area (Å²) in [5.41, 5.74) is 0.848. The number of benzene rings is 1. The first-order chi connectivity index (χ1) is 8.04. The lowest BCUT2D eigenvalue weighted by Crippen LogP contribution is -2.14. The molecule has 0 saturated carbocycles. The highest BCUT2D eigenvalue weighted by Crippen LogP contribution is 2.21. The maximum absolute atomic E-state index is 11.0. The molecule has 0 heterocycles. The van der Waals surface area contributed by atoms with Crippen molar-refractivity contribution in [3.63, 3.8) is 0 Å². The van der Waals surface area contributed by atoms with Crippen LogP contribution in [0.3, 0.4) is 0 Å². The second kappa shape index (κ2) is 6.61. The van der Waals surface area contributed by atoms with Crippen LogP contribution in [0.25, 0.3) is 0 Å². The van der Waals surface area contributed by atoms with Crippen LogP contribution < -0.4 is 5.32 Å². The first-order valence-corrected chi connectivity index (χ1v) is 6.21. The van der Waals surface area contributed by atoms with Crippen molar-refractivity contribution in [3.8, 4) is 0 Å².